The number of aliphatic carboxylic acids is 1. The van der Waals surface area contributed by atoms with Crippen molar-refractivity contribution in [3.8, 4) is 5.75 Å². The number of ether oxygens (including phenoxy) is 3. The topological polar surface area (TPSA) is 138 Å². The van der Waals surface area contributed by atoms with Gasteiger partial charge in [-0.15, -0.1) is 0 Å². The maximum Gasteiger partial charge on any atom is 0.436 e. The van der Waals surface area contributed by atoms with Gasteiger partial charge in [0.2, 0.25) is 0 Å². The van der Waals surface area contributed by atoms with Gasteiger partial charge in [0.15, 0.2) is 0 Å². The number of carboxylic acid groups (broad SMARTS) is 1. The molecule has 0 fully saturated rings. The monoisotopic (exact) mass is 574 g/mol. The Morgan fingerprint density at radius 2 is 1.48 bits per heavy atom. The fourth-order valence-corrected chi connectivity index (χ4v) is 3.64. The van der Waals surface area contributed by atoms with Crippen LogP contribution in [0.2, 0.25) is 0 Å². The van der Waals surface area contributed by atoms with Crippen molar-refractivity contribution in [2.24, 2.45) is 4.99 Å². The van der Waals surface area contributed by atoms with E-state index >= 15 is 0 Å². The summed E-state index contributed by atoms with van der Waals surface area (Å²) in [5, 5.41) is 17.5. The molecule has 0 aliphatic carbocycles. The maximum atomic E-state index is 12.4. The summed E-state index contributed by atoms with van der Waals surface area (Å²) in [4.78, 5) is 40.9. The average molecular weight is 575 g/mol. The number of anilines is 1. The van der Waals surface area contributed by atoms with Crippen LogP contribution >= 0.6 is 0 Å². The summed E-state index contributed by atoms with van der Waals surface area (Å²) < 4.78 is 16.4. The molecule has 2 N–H and O–H groups in total. The lowest BCUT2D eigenvalue weighted by molar-refractivity contribution is -0.307. The molecular formula is C32H36N3O7-. The van der Waals surface area contributed by atoms with Gasteiger partial charge < -0.3 is 29.4 Å². The molecule has 0 radical (unpaired) electrons. The predicted octanol–water partition coefficient (Wildman–Crippen LogP) is 5.38. The highest BCUT2D eigenvalue weighted by molar-refractivity contribution is 6.10. The van der Waals surface area contributed by atoms with E-state index in [2.05, 4.69) is 15.6 Å². The standard InChI is InChI=1S/C32H37N3O7/c1-31(2,3)41-29(38)34-27(35-30(39)42-32(4,5)6)22-15-17-24(18-16-22)33-26(28(36)37)23-13-10-14-25(19-23)40-20-21-11-8-7-9-12-21/h7-19,26,33H,20H2,1-6H3,(H,36,37)(H,34,35,38,39)/p-1. The molecule has 3 aromatic rings. The molecule has 1 unspecified atom stereocenters. The van der Waals surface area contributed by atoms with E-state index in [1.54, 1.807) is 90.1 Å². The summed E-state index contributed by atoms with van der Waals surface area (Å²) >= 11 is 0. The van der Waals surface area contributed by atoms with Crippen LogP contribution in [0.25, 0.3) is 0 Å². The molecule has 3 rings (SSSR count). The normalized spacial score (nSPS) is 12.6. The van der Waals surface area contributed by atoms with Gasteiger partial charge in [-0.1, -0.05) is 42.5 Å². The highest BCUT2D eigenvalue weighted by Crippen LogP contribution is 2.24. The highest BCUT2D eigenvalue weighted by atomic mass is 16.6. The first-order valence-corrected chi connectivity index (χ1v) is 13.3. The molecule has 0 aliphatic heterocycles. The van der Waals surface area contributed by atoms with Crippen molar-refractivity contribution in [3.05, 3.63) is 95.6 Å². The average Bonchev–Trinajstić information content (AvgIpc) is 2.89. The van der Waals surface area contributed by atoms with E-state index in [4.69, 9.17) is 14.2 Å². The molecule has 1 atom stereocenters. The molecular weight excluding hydrogens is 538 g/mol. The van der Waals surface area contributed by atoms with E-state index in [-0.39, 0.29) is 5.84 Å². The third kappa shape index (κ3) is 10.6. The fraction of sp³-hybridized carbons (Fsp3) is 0.312. The number of carbonyl (C=O) groups excluding carboxylic acids is 3. The zero-order chi connectivity index (χ0) is 30.9. The van der Waals surface area contributed by atoms with Crippen LogP contribution < -0.4 is 20.5 Å². The van der Waals surface area contributed by atoms with Gasteiger partial charge in [0.05, 0.1) is 12.0 Å². The summed E-state index contributed by atoms with van der Waals surface area (Å²) in [5.74, 6) is -0.918. The van der Waals surface area contributed by atoms with Gasteiger partial charge >= 0.3 is 12.2 Å². The minimum absolute atomic E-state index is 0.0928. The summed E-state index contributed by atoms with van der Waals surface area (Å²) in [6, 6.07) is 21.5. The number of amides is 2. The Kier molecular flexibility index (Phi) is 10.3. The number of hydrogen-bond acceptors (Lipinski definition) is 8. The molecule has 0 spiro atoms. The molecule has 10 nitrogen and oxygen atoms in total. The lowest BCUT2D eigenvalue weighted by Crippen LogP contribution is -2.37. The Morgan fingerprint density at radius 3 is 2.07 bits per heavy atom. The van der Waals surface area contributed by atoms with Gasteiger partial charge in [-0.3, -0.25) is 5.32 Å². The van der Waals surface area contributed by atoms with Crippen LogP contribution in [-0.4, -0.2) is 35.2 Å². The second kappa shape index (κ2) is 13.7. The second-order valence-corrected chi connectivity index (χ2v) is 11.4. The number of carboxylic acids is 1. The first-order valence-electron chi connectivity index (χ1n) is 13.3. The number of alkyl carbamates (subject to hydrolysis) is 1. The minimum Gasteiger partial charge on any atom is -0.548 e. The number of amidine groups is 1. The summed E-state index contributed by atoms with van der Waals surface area (Å²) in [5.41, 5.74) is 0.640. The molecule has 2 amide bonds. The Bertz CT molecular complexity index is 1410. The molecule has 0 heterocycles. The SMILES string of the molecule is CC(C)(C)OC(=O)N=C(NC(=O)OC(C)(C)C)c1ccc(NC(C(=O)[O-])c2cccc(OCc3ccccc3)c2)cc1. The first-order chi connectivity index (χ1) is 19.7. The zero-order valence-corrected chi connectivity index (χ0v) is 24.6. The van der Waals surface area contributed by atoms with Crippen molar-refractivity contribution in [1.29, 1.82) is 0 Å². The molecule has 3 aromatic carbocycles. The van der Waals surface area contributed by atoms with E-state index < -0.39 is 35.4 Å². The Morgan fingerprint density at radius 1 is 0.833 bits per heavy atom. The smallest absolute Gasteiger partial charge is 0.436 e. The van der Waals surface area contributed by atoms with Crippen molar-refractivity contribution in [3.63, 3.8) is 0 Å². The van der Waals surface area contributed by atoms with Crippen LogP contribution in [0.1, 0.15) is 64.3 Å². The molecule has 222 valence electrons. The second-order valence-electron chi connectivity index (χ2n) is 11.4. The van der Waals surface area contributed by atoms with Crippen molar-refractivity contribution >= 4 is 29.7 Å². The highest BCUT2D eigenvalue weighted by Gasteiger charge is 2.21. The van der Waals surface area contributed by atoms with Crippen molar-refractivity contribution < 1.29 is 33.7 Å². The maximum absolute atomic E-state index is 12.4. The van der Waals surface area contributed by atoms with Gasteiger partial charge in [0, 0.05) is 11.3 Å². The van der Waals surface area contributed by atoms with Gasteiger partial charge in [-0.2, -0.15) is 4.99 Å². The lowest BCUT2D eigenvalue weighted by Gasteiger charge is -2.22. The van der Waals surface area contributed by atoms with Gasteiger partial charge in [0.25, 0.3) is 0 Å². The number of rotatable bonds is 8. The number of nitrogens with one attached hydrogen (secondary N) is 2. The van der Waals surface area contributed by atoms with Crippen molar-refractivity contribution in [1.82, 2.24) is 5.32 Å². The number of aliphatic imine (C=N–C) groups is 1. The molecule has 0 aromatic heterocycles. The Hall–Kier alpha value is -4.86. The van der Waals surface area contributed by atoms with E-state index in [1.165, 1.54) is 0 Å². The van der Waals surface area contributed by atoms with Gasteiger partial charge in [0.1, 0.15) is 29.4 Å². The van der Waals surface area contributed by atoms with Crippen LogP contribution in [0, 0.1) is 0 Å². The molecule has 0 aliphatic rings. The number of nitrogens with zero attached hydrogens (tertiary/aromatic N) is 1. The minimum atomic E-state index is -1.34. The predicted molar refractivity (Wildman–Crippen MR) is 157 cm³/mol. The van der Waals surface area contributed by atoms with Crippen LogP contribution in [-0.2, 0) is 20.9 Å². The Labute approximate surface area is 245 Å². The van der Waals surface area contributed by atoms with Crippen molar-refractivity contribution in [2.75, 3.05) is 5.32 Å². The number of benzene rings is 3. The van der Waals surface area contributed by atoms with E-state index in [0.717, 1.165) is 5.56 Å². The van der Waals surface area contributed by atoms with E-state index in [9.17, 15) is 19.5 Å². The molecule has 0 bridgehead atoms. The lowest BCUT2D eigenvalue weighted by atomic mass is 10.1. The first kappa shape index (κ1) is 31.7. The molecule has 10 heteroatoms. The van der Waals surface area contributed by atoms with Crippen LogP contribution in [0.15, 0.2) is 83.9 Å². The van der Waals surface area contributed by atoms with Gasteiger partial charge in [-0.05, 0) is 89.1 Å². The summed E-state index contributed by atoms with van der Waals surface area (Å²) in [7, 11) is 0. The third-order valence-electron chi connectivity index (χ3n) is 5.36. The van der Waals surface area contributed by atoms with Gasteiger partial charge in [-0.25, -0.2) is 9.59 Å². The number of carbonyl (C=O) groups is 3. The summed E-state index contributed by atoms with van der Waals surface area (Å²) in [6.45, 7) is 10.5. The largest absolute Gasteiger partial charge is 0.548 e. The van der Waals surface area contributed by atoms with Crippen LogP contribution in [0.5, 0.6) is 5.75 Å². The summed E-state index contributed by atoms with van der Waals surface area (Å²) in [6.07, 6.45) is -1.71. The molecule has 0 saturated heterocycles. The van der Waals surface area contributed by atoms with Crippen LogP contribution in [0.4, 0.5) is 15.3 Å². The van der Waals surface area contributed by atoms with Crippen LogP contribution in [0.3, 0.4) is 0 Å². The number of hydrogen-bond donors (Lipinski definition) is 2. The third-order valence-corrected chi connectivity index (χ3v) is 5.36. The van der Waals surface area contributed by atoms with Crippen molar-refractivity contribution in [2.45, 2.75) is 65.4 Å². The zero-order valence-electron chi connectivity index (χ0n) is 24.6. The Balaban J connectivity index is 1.79. The fourth-order valence-electron chi connectivity index (χ4n) is 3.64. The van der Waals surface area contributed by atoms with E-state index in [1.807, 2.05) is 30.3 Å². The molecule has 0 saturated carbocycles. The van der Waals surface area contributed by atoms with E-state index in [0.29, 0.717) is 29.2 Å². The molecule has 42 heavy (non-hydrogen) atoms. The quantitative estimate of drug-likeness (QED) is 0.270.